The van der Waals surface area contributed by atoms with E-state index in [-0.39, 0.29) is 30.9 Å². The van der Waals surface area contributed by atoms with Gasteiger partial charge in [0.15, 0.2) is 0 Å². The van der Waals surface area contributed by atoms with Crippen LogP contribution in [0.25, 0.3) is 0 Å². The Kier molecular flexibility index (Phi) is 53.7. The van der Waals surface area contributed by atoms with Crippen molar-refractivity contribution in [2.45, 2.75) is 367 Å². The number of benzene rings is 1. The predicted octanol–water partition coefficient (Wildman–Crippen LogP) is 23.0. The molecule has 1 aromatic carbocycles. The molecule has 0 atom stereocenters. The first-order valence-corrected chi connectivity index (χ1v) is 34.3. The number of carboxylic acids is 1. The summed E-state index contributed by atoms with van der Waals surface area (Å²) in [6.07, 6.45) is 67.8. The van der Waals surface area contributed by atoms with Gasteiger partial charge < -0.3 is 19.3 Å². The van der Waals surface area contributed by atoms with E-state index < -0.39 is 35.0 Å². The van der Waals surface area contributed by atoms with Gasteiger partial charge in [-0.05, 0) is 31.4 Å². The molecule has 8 heteroatoms. The summed E-state index contributed by atoms with van der Waals surface area (Å²) in [5, 5.41) is 10.2. The van der Waals surface area contributed by atoms with Crippen molar-refractivity contribution in [3.8, 4) is 0 Å². The zero-order valence-corrected chi connectivity index (χ0v) is 51.8. The van der Waals surface area contributed by atoms with Crippen LogP contribution in [0.2, 0.25) is 0 Å². The molecular weight excluding hydrogens is 969 g/mol. The van der Waals surface area contributed by atoms with Crippen LogP contribution in [0.3, 0.4) is 0 Å². The zero-order valence-electron chi connectivity index (χ0n) is 51.8. The fourth-order valence-electron chi connectivity index (χ4n) is 11.1. The third-order valence-electron chi connectivity index (χ3n) is 16.3. The summed E-state index contributed by atoms with van der Waals surface area (Å²) in [6.45, 7) is 7.20. The van der Waals surface area contributed by atoms with E-state index >= 15 is 0 Å². The third kappa shape index (κ3) is 43.8. The zero-order chi connectivity index (χ0) is 56.5. The Morgan fingerprint density at radius 2 is 0.423 bits per heavy atom. The molecule has 8 nitrogen and oxygen atoms in total. The fourth-order valence-corrected chi connectivity index (χ4v) is 11.1. The molecule has 0 amide bonds. The van der Waals surface area contributed by atoms with Gasteiger partial charge in [-0.3, -0.25) is 0 Å². The molecule has 0 spiro atoms. The minimum Gasteiger partial charge on any atom is -0.478 e. The highest BCUT2D eigenvalue weighted by Crippen LogP contribution is 2.25. The molecule has 0 aliphatic heterocycles. The predicted molar refractivity (Wildman–Crippen MR) is 331 cm³/mol. The van der Waals surface area contributed by atoms with Crippen LogP contribution in [-0.4, -0.2) is 48.8 Å². The van der Waals surface area contributed by atoms with Gasteiger partial charge in [-0.2, -0.15) is 0 Å². The lowest BCUT2D eigenvalue weighted by Crippen LogP contribution is -2.23. The first kappa shape index (κ1) is 73.1. The Morgan fingerprint density at radius 3 is 0.628 bits per heavy atom. The lowest BCUT2D eigenvalue weighted by molar-refractivity contribution is 0.0426. The molecule has 1 N–H and O–H groups in total. The van der Waals surface area contributed by atoms with E-state index in [4.69, 9.17) is 14.2 Å². The molecule has 0 heterocycles. The number of rotatable bonds is 61. The minimum atomic E-state index is -1.38. The number of hydrogen-bond acceptors (Lipinski definition) is 7. The van der Waals surface area contributed by atoms with E-state index in [0.29, 0.717) is 19.3 Å². The third-order valence-corrected chi connectivity index (χ3v) is 16.3. The van der Waals surface area contributed by atoms with Crippen LogP contribution in [-0.2, 0) is 14.2 Å². The van der Waals surface area contributed by atoms with E-state index in [9.17, 15) is 24.3 Å². The summed E-state index contributed by atoms with van der Waals surface area (Å²) in [4.78, 5) is 53.9. The summed E-state index contributed by atoms with van der Waals surface area (Å²) in [5.41, 5.74) is -1.36. The number of carboxylic acid groups (broad SMARTS) is 1. The Hall–Kier alpha value is -2.90. The van der Waals surface area contributed by atoms with Crippen LogP contribution < -0.4 is 0 Å². The Labute approximate surface area is 482 Å². The standard InChI is InChI=1S/C70H126O8/c1-4-7-10-13-16-19-22-25-28-31-34-37-40-43-46-49-52-55-60-76-68(73)64-59-58-63(67(71)72)65(69(74)77-61-56-53-50-47-44-41-38-35-32-29-26-23-20-17-14-11-8-5-2)66(64)70(75)78-62-57-54-51-48-45-42-39-36-33-30-27-24-21-18-15-12-9-6-3/h58-59H,4-57,60-62H2,1-3H3,(H,71,72). The van der Waals surface area contributed by atoms with Gasteiger partial charge in [-0.25, -0.2) is 19.2 Å². The lowest BCUT2D eigenvalue weighted by atomic mass is 9.95. The molecule has 0 aliphatic carbocycles. The second-order valence-electron chi connectivity index (χ2n) is 23.7. The summed E-state index contributed by atoms with van der Waals surface area (Å²) in [7, 11) is 0. The van der Waals surface area contributed by atoms with Crippen LogP contribution >= 0.6 is 0 Å². The number of carbonyl (C=O) groups is 4. The minimum absolute atomic E-state index is 0.0957. The van der Waals surface area contributed by atoms with E-state index in [1.165, 1.54) is 282 Å². The van der Waals surface area contributed by atoms with Gasteiger partial charge >= 0.3 is 23.9 Å². The van der Waals surface area contributed by atoms with Gasteiger partial charge in [0, 0.05) is 0 Å². The summed E-state index contributed by atoms with van der Waals surface area (Å²) < 4.78 is 17.1. The number of carbonyl (C=O) groups excluding carboxylic acids is 3. The van der Waals surface area contributed by atoms with Gasteiger partial charge in [0.05, 0.1) is 42.1 Å². The Morgan fingerprint density at radius 1 is 0.256 bits per heavy atom. The average Bonchev–Trinajstić information content (AvgIpc) is 3.46. The highest BCUT2D eigenvalue weighted by atomic mass is 16.5. The van der Waals surface area contributed by atoms with Crippen molar-refractivity contribution >= 4 is 23.9 Å². The van der Waals surface area contributed by atoms with E-state index in [1.54, 1.807) is 0 Å². The molecule has 0 saturated carbocycles. The normalized spacial score (nSPS) is 11.4. The molecule has 0 radical (unpaired) electrons. The molecule has 1 rings (SSSR count). The maximum atomic E-state index is 13.9. The second-order valence-corrected chi connectivity index (χ2v) is 23.7. The van der Waals surface area contributed by atoms with Gasteiger partial charge in [-0.1, -0.05) is 348 Å². The van der Waals surface area contributed by atoms with Crippen molar-refractivity contribution in [2.24, 2.45) is 0 Å². The Bertz CT molecular complexity index is 1520. The molecule has 1 aromatic rings. The van der Waals surface area contributed by atoms with Crippen molar-refractivity contribution in [1.29, 1.82) is 0 Å². The molecule has 454 valence electrons. The van der Waals surface area contributed by atoms with Crippen LogP contribution in [0.15, 0.2) is 12.1 Å². The number of aromatic carboxylic acids is 1. The van der Waals surface area contributed by atoms with Crippen molar-refractivity contribution < 1.29 is 38.5 Å². The van der Waals surface area contributed by atoms with Crippen LogP contribution in [0.1, 0.15) is 409 Å². The van der Waals surface area contributed by atoms with Gasteiger partial charge in [0.2, 0.25) is 0 Å². The summed E-state index contributed by atoms with van der Waals surface area (Å²) in [6, 6.07) is 2.49. The van der Waals surface area contributed by atoms with Crippen LogP contribution in [0, 0.1) is 0 Å². The smallest absolute Gasteiger partial charge is 0.339 e. The molecule has 0 unspecified atom stereocenters. The molecule has 0 saturated heterocycles. The SMILES string of the molecule is CCCCCCCCCCCCCCCCCCCCOC(=O)c1ccc(C(=O)O)c(C(=O)OCCCCCCCCCCCCCCCCCCCC)c1C(=O)OCCCCCCCCCCCCCCCCCCCC. The van der Waals surface area contributed by atoms with E-state index in [1.807, 2.05) is 0 Å². The van der Waals surface area contributed by atoms with E-state index in [0.717, 1.165) is 57.8 Å². The van der Waals surface area contributed by atoms with Gasteiger partial charge in [-0.15, -0.1) is 0 Å². The molecular formula is C70H126O8. The van der Waals surface area contributed by atoms with Gasteiger partial charge in [0.1, 0.15) is 0 Å². The molecule has 0 aromatic heterocycles. The summed E-state index contributed by atoms with van der Waals surface area (Å²) in [5.74, 6) is -3.98. The van der Waals surface area contributed by atoms with Crippen molar-refractivity contribution in [3.63, 3.8) is 0 Å². The highest BCUT2D eigenvalue weighted by molar-refractivity contribution is 6.14. The quantitative estimate of drug-likeness (QED) is 0.0390. The largest absolute Gasteiger partial charge is 0.478 e. The molecule has 78 heavy (non-hydrogen) atoms. The lowest BCUT2D eigenvalue weighted by Gasteiger charge is -2.16. The number of hydrogen-bond donors (Lipinski definition) is 1. The molecule has 0 bridgehead atoms. The average molecular weight is 1100 g/mol. The van der Waals surface area contributed by atoms with Crippen molar-refractivity contribution in [3.05, 3.63) is 34.4 Å². The Balaban J connectivity index is 2.59. The fraction of sp³-hybridized carbons (Fsp3) is 0.857. The maximum Gasteiger partial charge on any atom is 0.339 e. The topological polar surface area (TPSA) is 116 Å². The van der Waals surface area contributed by atoms with Gasteiger partial charge in [0.25, 0.3) is 0 Å². The molecule has 0 aliphatic rings. The monoisotopic (exact) mass is 1090 g/mol. The first-order chi connectivity index (χ1) is 38.4. The van der Waals surface area contributed by atoms with Crippen LogP contribution in [0.5, 0.6) is 0 Å². The van der Waals surface area contributed by atoms with Crippen molar-refractivity contribution in [2.75, 3.05) is 19.8 Å². The second kappa shape index (κ2) is 57.3. The summed E-state index contributed by atoms with van der Waals surface area (Å²) >= 11 is 0. The first-order valence-electron chi connectivity index (χ1n) is 34.3. The molecule has 0 fully saturated rings. The number of ether oxygens (including phenoxy) is 3. The van der Waals surface area contributed by atoms with E-state index in [2.05, 4.69) is 20.8 Å². The number of esters is 3. The van der Waals surface area contributed by atoms with Crippen LogP contribution in [0.4, 0.5) is 0 Å². The maximum absolute atomic E-state index is 13.9. The van der Waals surface area contributed by atoms with Crippen molar-refractivity contribution in [1.82, 2.24) is 0 Å². The number of unbranched alkanes of at least 4 members (excludes halogenated alkanes) is 51. The highest BCUT2D eigenvalue weighted by Gasteiger charge is 2.32.